The van der Waals surface area contributed by atoms with E-state index in [0.717, 1.165) is 23.5 Å². The van der Waals surface area contributed by atoms with Crippen LogP contribution in [0.1, 0.15) is 44.1 Å². The Morgan fingerprint density at radius 1 is 1.15 bits per heavy atom. The summed E-state index contributed by atoms with van der Waals surface area (Å²) in [5.41, 5.74) is 3.45. The maximum Gasteiger partial charge on any atom is 0.253 e. The van der Waals surface area contributed by atoms with Gasteiger partial charge in [-0.05, 0) is 49.1 Å². The summed E-state index contributed by atoms with van der Waals surface area (Å²) in [5.74, 6) is 1.85. The summed E-state index contributed by atoms with van der Waals surface area (Å²) in [4.78, 5) is 19.3. The molecule has 0 aliphatic heterocycles. The standard InChI is InChI=1S/C25H28N4O3S/c1-16-11-22(17(2)29(16)15-21-7-6-10-33-21)25(30)27-23(24-26-8-9-28(24)3)18-12-19(31-4)14-20(13-18)32-5/h6-14,23H,15H2,1-5H3,(H,27,30). The Labute approximate surface area is 197 Å². The summed E-state index contributed by atoms with van der Waals surface area (Å²) in [6, 6.07) is 11.2. The van der Waals surface area contributed by atoms with Gasteiger partial charge in [-0.15, -0.1) is 11.3 Å². The highest BCUT2D eigenvalue weighted by Gasteiger charge is 2.25. The molecule has 1 unspecified atom stereocenters. The number of ether oxygens (including phenoxy) is 2. The van der Waals surface area contributed by atoms with Crippen molar-refractivity contribution in [3.63, 3.8) is 0 Å². The molecule has 0 aliphatic carbocycles. The summed E-state index contributed by atoms with van der Waals surface area (Å²) in [6.45, 7) is 4.76. The number of hydrogen-bond acceptors (Lipinski definition) is 5. The molecule has 0 aliphatic rings. The number of imidazole rings is 1. The molecule has 1 amide bonds. The van der Waals surface area contributed by atoms with E-state index in [1.165, 1.54) is 4.88 Å². The van der Waals surface area contributed by atoms with E-state index in [0.29, 0.717) is 22.9 Å². The van der Waals surface area contributed by atoms with Crippen LogP contribution in [0.15, 0.2) is 54.2 Å². The van der Waals surface area contributed by atoms with Gasteiger partial charge in [-0.25, -0.2) is 4.98 Å². The van der Waals surface area contributed by atoms with E-state index in [-0.39, 0.29) is 5.91 Å². The van der Waals surface area contributed by atoms with Crippen LogP contribution in [0, 0.1) is 13.8 Å². The first-order chi connectivity index (χ1) is 15.9. The highest BCUT2D eigenvalue weighted by molar-refractivity contribution is 7.09. The molecule has 0 radical (unpaired) electrons. The van der Waals surface area contributed by atoms with Crippen LogP contribution in [-0.2, 0) is 13.6 Å². The number of nitrogens with one attached hydrogen (secondary N) is 1. The molecule has 3 aromatic heterocycles. The second-order valence-electron chi connectivity index (χ2n) is 7.90. The van der Waals surface area contributed by atoms with Crippen LogP contribution in [-0.4, -0.2) is 34.2 Å². The zero-order valence-corrected chi connectivity index (χ0v) is 20.3. The minimum absolute atomic E-state index is 0.157. The van der Waals surface area contributed by atoms with Gasteiger partial charge in [-0.1, -0.05) is 6.07 Å². The van der Waals surface area contributed by atoms with Crippen LogP contribution in [0.2, 0.25) is 0 Å². The second-order valence-corrected chi connectivity index (χ2v) is 8.93. The maximum absolute atomic E-state index is 13.5. The normalized spacial score (nSPS) is 11.9. The fourth-order valence-corrected chi connectivity index (χ4v) is 4.68. The van der Waals surface area contributed by atoms with E-state index in [1.54, 1.807) is 37.8 Å². The Hall–Kier alpha value is -3.52. The van der Waals surface area contributed by atoms with Crippen molar-refractivity contribution in [2.24, 2.45) is 7.05 Å². The van der Waals surface area contributed by atoms with Crippen molar-refractivity contribution in [2.75, 3.05) is 14.2 Å². The molecular weight excluding hydrogens is 436 g/mol. The number of methoxy groups -OCH3 is 2. The van der Waals surface area contributed by atoms with E-state index >= 15 is 0 Å². The minimum Gasteiger partial charge on any atom is -0.497 e. The van der Waals surface area contributed by atoms with Crippen LogP contribution in [0.4, 0.5) is 0 Å². The molecule has 172 valence electrons. The minimum atomic E-state index is -0.484. The van der Waals surface area contributed by atoms with Crippen molar-refractivity contribution in [3.05, 3.63) is 87.4 Å². The molecular formula is C25H28N4O3S. The number of thiophene rings is 1. The maximum atomic E-state index is 13.5. The number of benzene rings is 1. The third-order valence-corrected chi connectivity index (χ3v) is 6.67. The highest BCUT2D eigenvalue weighted by atomic mass is 32.1. The molecule has 7 nitrogen and oxygen atoms in total. The number of carbonyl (C=O) groups is 1. The quantitative estimate of drug-likeness (QED) is 0.417. The molecule has 3 heterocycles. The Morgan fingerprint density at radius 3 is 2.45 bits per heavy atom. The predicted octanol–water partition coefficient (Wildman–Crippen LogP) is 4.48. The molecule has 4 rings (SSSR count). The van der Waals surface area contributed by atoms with Crippen molar-refractivity contribution in [3.8, 4) is 11.5 Å². The molecule has 1 aromatic carbocycles. The molecule has 4 aromatic rings. The van der Waals surface area contributed by atoms with Crippen LogP contribution >= 0.6 is 11.3 Å². The van der Waals surface area contributed by atoms with Gasteiger partial charge in [0.15, 0.2) is 0 Å². The molecule has 0 saturated carbocycles. The first kappa shape index (κ1) is 22.7. The Balaban J connectivity index is 1.69. The van der Waals surface area contributed by atoms with Crippen LogP contribution in [0.5, 0.6) is 11.5 Å². The van der Waals surface area contributed by atoms with Crippen molar-refractivity contribution in [1.29, 1.82) is 0 Å². The van der Waals surface area contributed by atoms with Crippen molar-refractivity contribution < 1.29 is 14.3 Å². The van der Waals surface area contributed by atoms with E-state index in [2.05, 4.69) is 26.3 Å². The first-order valence-corrected chi connectivity index (χ1v) is 11.5. The smallest absolute Gasteiger partial charge is 0.253 e. The molecule has 0 fully saturated rings. The Kier molecular flexibility index (Phi) is 6.55. The lowest BCUT2D eigenvalue weighted by Gasteiger charge is -2.20. The van der Waals surface area contributed by atoms with E-state index < -0.39 is 6.04 Å². The molecule has 0 bridgehead atoms. The first-order valence-electron chi connectivity index (χ1n) is 10.6. The van der Waals surface area contributed by atoms with Crippen LogP contribution < -0.4 is 14.8 Å². The number of aromatic nitrogens is 3. The van der Waals surface area contributed by atoms with E-state index in [9.17, 15) is 4.79 Å². The van der Waals surface area contributed by atoms with E-state index in [1.807, 2.05) is 55.9 Å². The van der Waals surface area contributed by atoms with Crippen LogP contribution in [0.25, 0.3) is 0 Å². The SMILES string of the molecule is COc1cc(OC)cc(C(NC(=O)c2cc(C)n(Cc3cccs3)c2C)c2nccn2C)c1. The van der Waals surface area contributed by atoms with Gasteiger partial charge < -0.3 is 23.9 Å². The zero-order valence-electron chi connectivity index (χ0n) is 19.5. The number of amides is 1. The lowest BCUT2D eigenvalue weighted by atomic mass is 10.0. The second kappa shape index (κ2) is 9.54. The topological polar surface area (TPSA) is 70.3 Å². The van der Waals surface area contributed by atoms with Gasteiger partial charge in [0.1, 0.15) is 23.4 Å². The monoisotopic (exact) mass is 464 g/mol. The lowest BCUT2D eigenvalue weighted by molar-refractivity contribution is 0.0940. The molecule has 8 heteroatoms. The average molecular weight is 465 g/mol. The molecule has 1 atom stereocenters. The van der Waals surface area contributed by atoms with Gasteiger partial charge in [0.05, 0.1) is 26.3 Å². The summed E-state index contributed by atoms with van der Waals surface area (Å²) >= 11 is 1.71. The predicted molar refractivity (Wildman–Crippen MR) is 129 cm³/mol. The fourth-order valence-electron chi connectivity index (χ4n) is 3.99. The third kappa shape index (κ3) is 4.66. The van der Waals surface area contributed by atoms with Gasteiger partial charge in [-0.2, -0.15) is 0 Å². The summed E-state index contributed by atoms with van der Waals surface area (Å²) in [7, 11) is 5.12. The molecule has 0 saturated heterocycles. The summed E-state index contributed by atoms with van der Waals surface area (Å²) in [5, 5.41) is 5.26. The summed E-state index contributed by atoms with van der Waals surface area (Å²) in [6.07, 6.45) is 3.58. The molecule has 33 heavy (non-hydrogen) atoms. The zero-order chi connectivity index (χ0) is 23.5. The number of hydrogen-bond donors (Lipinski definition) is 1. The van der Waals surface area contributed by atoms with E-state index in [4.69, 9.17) is 9.47 Å². The number of aryl methyl sites for hydroxylation is 2. The van der Waals surface area contributed by atoms with Gasteiger partial charge in [-0.3, -0.25) is 4.79 Å². The van der Waals surface area contributed by atoms with Crippen molar-refractivity contribution in [1.82, 2.24) is 19.4 Å². The fraction of sp³-hybridized carbons (Fsp3) is 0.280. The van der Waals surface area contributed by atoms with Crippen molar-refractivity contribution in [2.45, 2.75) is 26.4 Å². The molecule has 0 spiro atoms. The van der Waals surface area contributed by atoms with Gasteiger partial charge in [0, 0.05) is 41.8 Å². The molecule has 1 N–H and O–H groups in total. The van der Waals surface area contributed by atoms with Crippen molar-refractivity contribution >= 4 is 17.2 Å². The average Bonchev–Trinajstić information content (AvgIpc) is 3.55. The number of carbonyl (C=O) groups excluding carboxylic acids is 1. The summed E-state index contributed by atoms with van der Waals surface area (Å²) < 4.78 is 15.0. The van der Waals surface area contributed by atoms with Gasteiger partial charge in [0.2, 0.25) is 0 Å². The lowest BCUT2D eigenvalue weighted by Crippen LogP contribution is -2.31. The Bertz CT molecular complexity index is 1230. The Morgan fingerprint density at radius 2 is 1.88 bits per heavy atom. The van der Waals surface area contributed by atoms with Crippen LogP contribution in [0.3, 0.4) is 0 Å². The third-order valence-electron chi connectivity index (χ3n) is 5.81. The number of nitrogens with zero attached hydrogens (tertiary/aromatic N) is 3. The number of rotatable bonds is 8. The van der Waals surface area contributed by atoms with Gasteiger partial charge in [0.25, 0.3) is 5.91 Å². The van der Waals surface area contributed by atoms with Gasteiger partial charge >= 0.3 is 0 Å². The highest BCUT2D eigenvalue weighted by Crippen LogP contribution is 2.30. The largest absolute Gasteiger partial charge is 0.497 e.